The lowest BCUT2D eigenvalue weighted by Crippen LogP contribution is -2.40. The molecule has 0 saturated carbocycles. The van der Waals surface area contributed by atoms with Gasteiger partial charge in [0.25, 0.3) is 0 Å². The van der Waals surface area contributed by atoms with Gasteiger partial charge in [0.1, 0.15) is 34.9 Å². The van der Waals surface area contributed by atoms with Crippen molar-refractivity contribution >= 4 is 11.6 Å². The standard InChI is InChI=1S/C23H28FN3O4/c1-6-29-18-11-12-19-20(24)21(26-27(19)13-18)16-7-9-17(10-8-16)30-14-15(2)25-22(28)31-23(3,4)5/h7-13,15H,6,14H2,1-5H3,(H,25,28)/t15-/m0/s1. The van der Waals surface area contributed by atoms with Crippen LogP contribution in [0.4, 0.5) is 9.18 Å². The third-order valence-electron chi connectivity index (χ3n) is 4.24. The molecule has 1 aromatic carbocycles. The number of nitrogens with one attached hydrogen (secondary N) is 1. The molecule has 8 heteroatoms. The number of rotatable bonds is 7. The van der Waals surface area contributed by atoms with Gasteiger partial charge in [-0.25, -0.2) is 13.7 Å². The summed E-state index contributed by atoms with van der Waals surface area (Å²) in [6, 6.07) is 10.1. The van der Waals surface area contributed by atoms with E-state index in [1.165, 1.54) is 4.52 Å². The van der Waals surface area contributed by atoms with E-state index < -0.39 is 17.5 Å². The maximum atomic E-state index is 14.8. The Morgan fingerprint density at radius 1 is 1.13 bits per heavy atom. The fraction of sp³-hybridized carbons (Fsp3) is 0.391. The maximum absolute atomic E-state index is 14.8. The fourth-order valence-electron chi connectivity index (χ4n) is 2.92. The van der Waals surface area contributed by atoms with E-state index >= 15 is 0 Å². The minimum absolute atomic E-state index is 0.245. The number of halogens is 1. The van der Waals surface area contributed by atoms with Crippen LogP contribution in [0, 0.1) is 5.82 Å². The van der Waals surface area contributed by atoms with Crippen LogP contribution in [-0.2, 0) is 4.74 Å². The van der Waals surface area contributed by atoms with Crippen molar-refractivity contribution in [3.8, 4) is 22.8 Å². The Morgan fingerprint density at radius 2 is 1.81 bits per heavy atom. The fourth-order valence-corrected chi connectivity index (χ4v) is 2.92. The van der Waals surface area contributed by atoms with E-state index in [-0.39, 0.29) is 18.3 Å². The van der Waals surface area contributed by atoms with Crippen LogP contribution in [0.25, 0.3) is 16.8 Å². The van der Waals surface area contributed by atoms with Gasteiger partial charge in [-0.2, -0.15) is 5.10 Å². The Hall–Kier alpha value is -3.29. The summed E-state index contributed by atoms with van der Waals surface area (Å²) >= 11 is 0. The van der Waals surface area contributed by atoms with Crippen molar-refractivity contribution in [2.45, 2.75) is 46.3 Å². The number of benzene rings is 1. The van der Waals surface area contributed by atoms with E-state index in [1.54, 1.807) is 63.4 Å². The lowest BCUT2D eigenvalue weighted by molar-refractivity contribution is 0.0494. The second kappa shape index (κ2) is 9.24. The number of amides is 1. The number of carbonyl (C=O) groups excluding carboxylic acids is 1. The summed E-state index contributed by atoms with van der Waals surface area (Å²) in [5.41, 5.74) is 0.700. The molecule has 3 aromatic rings. The molecule has 0 aliphatic carbocycles. The van der Waals surface area contributed by atoms with Crippen LogP contribution >= 0.6 is 0 Å². The molecule has 1 atom stereocenters. The molecule has 0 bridgehead atoms. The molecule has 3 rings (SSSR count). The summed E-state index contributed by atoms with van der Waals surface area (Å²) in [5, 5.41) is 7.07. The molecule has 7 nitrogen and oxygen atoms in total. The summed E-state index contributed by atoms with van der Waals surface area (Å²) < 4.78 is 32.7. The second-order valence-corrected chi connectivity index (χ2v) is 8.17. The predicted molar refractivity (Wildman–Crippen MR) is 116 cm³/mol. The van der Waals surface area contributed by atoms with Crippen molar-refractivity contribution in [3.63, 3.8) is 0 Å². The van der Waals surface area contributed by atoms with E-state index in [9.17, 15) is 9.18 Å². The highest BCUT2D eigenvalue weighted by atomic mass is 19.1. The van der Waals surface area contributed by atoms with Crippen molar-refractivity contribution in [2.75, 3.05) is 13.2 Å². The van der Waals surface area contributed by atoms with Gasteiger partial charge >= 0.3 is 6.09 Å². The van der Waals surface area contributed by atoms with Gasteiger partial charge in [-0.05, 0) is 71.0 Å². The lowest BCUT2D eigenvalue weighted by atomic mass is 10.1. The summed E-state index contributed by atoms with van der Waals surface area (Å²) in [6.45, 7) is 9.91. The summed E-state index contributed by atoms with van der Waals surface area (Å²) in [6.07, 6.45) is 1.16. The monoisotopic (exact) mass is 429 g/mol. The molecule has 0 unspecified atom stereocenters. The van der Waals surface area contributed by atoms with Gasteiger partial charge in [0, 0.05) is 5.56 Å². The smallest absolute Gasteiger partial charge is 0.407 e. The molecule has 0 saturated heterocycles. The highest BCUT2D eigenvalue weighted by molar-refractivity contribution is 5.68. The van der Waals surface area contributed by atoms with Gasteiger partial charge in [-0.3, -0.25) is 0 Å². The summed E-state index contributed by atoms with van der Waals surface area (Å²) in [7, 11) is 0. The van der Waals surface area contributed by atoms with Crippen molar-refractivity contribution in [1.29, 1.82) is 0 Å². The minimum Gasteiger partial charge on any atom is -0.492 e. The Kier molecular flexibility index (Phi) is 6.68. The Morgan fingerprint density at radius 3 is 2.45 bits per heavy atom. The van der Waals surface area contributed by atoms with E-state index in [2.05, 4.69) is 10.4 Å². The molecular weight excluding hydrogens is 401 g/mol. The molecule has 2 heterocycles. The molecular formula is C23H28FN3O4. The molecule has 31 heavy (non-hydrogen) atoms. The van der Waals surface area contributed by atoms with Crippen molar-refractivity contribution in [3.05, 3.63) is 48.4 Å². The third-order valence-corrected chi connectivity index (χ3v) is 4.24. The van der Waals surface area contributed by atoms with E-state index in [0.717, 1.165) is 0 Å². The van der Waals surface area contributed by atoms with Gasteiger partial charge in [0.2, 0.25) is 0 Å². The van der Waals surface area contributed by atoms with Crippen LogP contribution in [0.3, 0.4) is 0 Å². The van der Waals surface area contributed by atoms with Crippen LogP contribution < -0.4 is 14.8 Å². The van der Waals surface area contributed by atoms with Crippen LogP contribution in [-0.4, -0.2) is 40.6 Å². The Labute approximate surface area is 181 Å². The lowest BCUT2D eigenvalue weighted by Gasteiger charge is -2.22. The van der Waals surface area contributed by atoms with E-state index in [0.29, 0.717) is 29.2 Å². The van der Waals surface area contributed by atoms with E-state index in [4.69, 9.17) is 14.2 Å². The maximum Gasteiger partial charge on any atom is 0.407 e. The molecule has 0 radical (unpaired) electrons. The minimum atomic E-state index is -0.557. The SMILES string of the molecule is CCOc1ccc2c(F)c(-c3ccc(OC[C@H](C)NC(=O)OC(C)(C)C)cc3)nn2c1. The van der Waals surface area contributed by atoms with Gasteiger partial charge in [0.05, 0.1) is 18.8 Å². The first-order chi connectivity index (χ1) is 14.7. The number of carbonyl (C=O) groups is 1. The molecule has 0 fully saturated rings. The molecule has 1 N–H and O–H groups in total. The topological polar surface area (TPSA) is 74.1 Å². The Balaban J connectivity index is 1.64. The zero-order valence-electron chi connectivity index (χ0n) is 18.4. The van der Waals surface area contributed by atoms with Crippen LogP contribution in [0.5, 0.6) is 11.5 Å². The number of alkyl carbamates (subject to hydrolysis) is 1. The average Bonchev–Trinajstić information content (AvgIpc) is 3.01. The zero-order chi connectivity index (χ0) is 22.6. The molecule has 1 amide bonds. The average molecular weight is 429 g/mol. The highest BCUT2D eigenvalue weighted by Crippen LogP contribution is 2.27. The molecule has 0 aliphatic rings. The number of pyridine rings is 1. The molecule has 2 aromatic heterocycles. The number of fused-ring (bicyclic) bond motifs is 1. The largest absolute Gasteiger partial charge is 0.492 e. The molecule has 166 valence electrons. The molecule has 0 spiro atoms. The normalized spacial score (nSPS) is 12.5. The Bertz CT molecular complexity index is 1040. The van der Waals surface area contributed by atoms with Crippen molar-refractivity contribution < 1.29 is 23.4 Å². The van der Waals surface area contributed by atoms with Crippen molar-refractivity contribution in [1.82, 2.24) is 14.9 Å². The number of nitrogens with zero attached hydrogens (tertiary/aromatic N) is 2. The first kappa shape index (κ1) is 22.4. The molecule has 0 aliphatic heterocycles. The van der Waals surface area contributed by atoms with Gasteiger partial charge in [-0.15, -0.1) is 0 Å². The predicted octanol–water partition coefficient (Wildman–Crippen LogP) is 4.83. The summed E-state index contributed by atoms with van der Waals surface area (Å²) in [5.74, 6) is 0.832. The number of hydrogen-bond donors (Lipinski definition) is 1. The second-order valence-electron chi connectivity index (χ2n) is 8.17. The van der Waals surface area contributed by atoms with Crippen molar-refractivity contribution in [2.24, 2.45) is 0 Å². The van der Waals surface area contributed by atoms with Gasteiger partial charge in [-0.1, -0.05) is 0 Å². The first-order valence-corrected chi connectivity index (χ1v) is 10.2. The van der Waals surface area contributed by atoms with Gasteiger partial charge < -0.3 is 19.5 Å². The number of hydrogen-bond acceptors (Lipinski definition) is 5. The number of ether oxygens (including phenoxy) is 3. The first-order valence-electron chi connectivity index (χ1n) is 10.2. The number of aromatic nitrogens is 2. The van der Waals surface area contributed by atoms with Gasteiger partial charge in [0.15, 0.2) is 5.82 Å². The quantitative estimate of drug-likeness (QED) is 0.582. The van der Waals surface area contributed by atoms with E-state index in [1.807, 2.05) is 13.8 Å². The highest BCUT2D eigenvalue weighted by Gasteiger charge is 2.18. The zero-order valence-corrected chi connectivity index (χ0v) is 18.4. The van der Waals surface area contributed by atoms with Crippen LogP contribution in [0.15, 0.2) is 42.6 Å². The third kappa shape index (κ3) is 5.87. The van der Waals surface area contributed by atoms with Crippen LogP contribution in [0.2, 0.25) is 0 Å². The van der Waals surface area contributed by atoms with Crippen LogP contribution in [0.1, 0.15) is 34.6 Å². The summed E-state index contributed by atoms with van der Waals surface area (Å²) in [4.78, 5) is 11.8.